The highest BCUT2D eigenvalue weighted by Crippen LogP contribution is 2.18. The van der Waals surface area contributed by atoms with Crippen molar-refractivity contribution in [3.8, 4) is 5.75 Å². The van der Waals surface area contributed by atoms with Gasteiger partial charge in [-0.15, -0.1) is 0 Å². The Bertz CT molecular complexity index is 919. The van der Waals surface area contributed by atoms with Crippen molar-refractivity contribution in [2.24, 2.45) is 0 Å². The molecular formula is C23H26N2O5. The first-order chi connectivity index (χ1) is 14.5. The molecule has 0 unspecified atom stereocenters. The predicted octanol–water partition coefficient (Wildman–Crippen LogP) is 3.37. The van der Waals surface area contributed by atoms with Gasteiger partial charge in [-0.2, -0.15) is 0 Å². The van der Waals surface area contributed by atoms with E-state index in [1.807, 2.05) is 26.0 Å². The number of nitrogens with one attached hydrogen (secondary N) is 1. The Morgan fingerprint density at radius 2 is 1.77 bits per heavy atom. The van der Waals surface area contributed by atoms with Gasteiger partial charge in [0.15, 0.2) is 6.61 Å². The highest BCUT2D eigenvalue weighted by Gasteiger charge is 2.13. The van der Waals surface area contributed by atoms with Crippen molar-refractivity contribution in [1.29, 1.82) is 0 Å². The standard InChI is InChI=1S/C23H26N2O5/c1-4-25(5-2)23(28)18-10-8-11-19(15-18)24-21(26)16-30-22(27)14-13-17-9-6-7-12-20(17)29-3/h6-15H,4-5,16H2,1-3H3,(H,24,26)/b14-13+. The van der Waals surface area contributed by atoms with E-state index >= 15 is 0 Å². The summed E-state index contributed by atoms with van der Waals surface area (Å²) in [5.41, 5.74) is 1.66. The number of carbonyl (C=O) groups excluding carboxylic acids is 3. The molecule has 7 nitrogen and oxygen atoms in total. The van der Waals surface area contributed by atoms with Gasteiger partial charge in [-0.25, -0.2) is 4.79 Å². The number of para-hydroxylation sites is 1. The topological polar surface area (TPSA) is 84.9 Å². The van der Waals surface area contributed by atoms with Crippen LogP contribution in [-0.2, 0) is 14.3 Å². The second-order valence-electron chi connectivity index (χ2n) is 6.29. The largest absolute Gasteiger partial charge is 0.496 e. The summed E-state index contributed by atoms with van der Waals surface area (Å²) < 4.78 is 10.2. The Kier molecular flexibility index (Phi) is 8.62. The normalized spacial score (nSPS) is 10.5. The van der Waals surface area contributed by atoms with Crippen molar-refractivity contribution in [3.05, 3.63) is 65.7 Å². The number of carbonyl (C=O) groups is 3. The molecule has 2 rings (SSSR count). The average molecular weight is 410 g/mol. The first-order valence-electron chi connectivity index (χ1n) is 9.65. The van der Waals surface area contributed by atoms with Gasteiger partial charge in [-0.1, -0.05) is 24.3 Å². The Hall–Kier alpha value is -3.61. The van der Waals surface area contributed by atoms with E-state index in [0.29, 0.717) is 30.1 Å². The van der Waals surface area contributed by atoms with Crippen LogP contribution in [0.1, 0.15) is 29.8 Å². The second-order valence-corrected chi connectivity index (χ2v) is 6.29. The minimum atomic E-state index is -0.651. The number of rotatable bonds is 9. The first-order valence-corrected chi connectivity index (χ1v) is 9.65. The van der Waals surface area contributed by atoms with Crippen LogP contribution in [0.25, 0.3) is 6.08 Å². The number of benzene rings is 2. The molecule has 7 heteroatoms. The third kappa shape index (κ3) is 6.48. The van der Waals surface area contributed by atoms with Gasteiger partial charge in [-0.3, -0.25) is 9.59 Å². The molecule has 0 spiro atoms. The van der Waals surface area contributed by atoms with Crippen LogP contribution in [0, 0.1) is 0 Å². The highest BCUT2D eigenvalue weighted by molar-refractivity contribution is 5.98. The zero-order valence-corrected chi connectivity index (χ0v) is 17.4. The van der Waals surface area contributed by atoms with Gasteiger partial charge in [0.05, 0.1) is 7.11 Å². The summed E-state index contributed by atoms with van der Waals surface area (Å²) in [5.74, 6) is -0.634. The van der Waals surface area contributed by atoms with Gasteiger partial charge >= 0.3 is 5.97 Å². The number of ether oxygens (including phenoxy) is 2. The maximum atomic E-state index is 12.4. The lowest BCUT2D eigenvalue weighted by molar-refractivity contribution is -0.142. The maximum absolute atomic E-state index is 12.4. The molecule has 2 amide bonds. The van der Waals surface area contributed by atoms with Crippen LogP contribution in [-0.4, -0.2) is 49.5 Å². The van der Waals surface area contributed by atoms with Crippen molar-refractivity contribution in [2.75, 3.05) is 32.1 Å². The van der Waals surface area contributed by atoms with E-state index in [-0.39, 0.29) is 5.91 Å². The van der Waals surface area contributed by atoms with E-state index in [1.165, 1.54) is 6.08 Å². The van der Waals surface area contributed by atoms with Gasteiger partial charge in [0, 0.05) is 36.0 Å². The number of hydrogen-bond donors (Lipinski definition) is 1. The van der Waals surface area contributed by atoms with Crippen LogP contribution in [0.15, 0.2) is 54.6 Å². The number of nitrogens with zero attached hydrogens (tertiary/aromatic N) is 1. The number of hydrogen-bond acceptors (Lipinski definition) is 5. The second kappa shape index (κ2) is 11.4. The summed E-state index contributed by atoms with van der Waals surface area (Å²) in [6.45, 7) is 4.57. The van der Waals surface area contributed by atoms with Crippen molar-refractivity contribution in [1.82, 2.24) is 4.90 Å². The summed E-state index contributed by atoms with van der Waals surface area (Å²) in [4.78, 5) is 38.1. The van der Waals surface area contributed by atoms with Gasteiger partial charge in [0.25, 0.3) is 11.8 Å². The average Bonchev–Trinajstić information content (AvgIpc) is 2.77. The summed E-state index contributed by atoms with van der Waals surface area (Å²) in [5, 5.41) is 2.63. The molecule has 0 saturated heterocycles. The number of anilines is 1. The Morgan fingerprint density at radius 1 is 1.03 bits per heavy atom. The molecule has 0 radical (unpaired) electrons. The number of amides is 2. The molecule has 1 N–H and O–H groups in total. The molecule has 2 aromatic carbocycles. The first kappa shape index (κ1) is 22.7. The van der Waals surface area contributed by atoms with Crippen LogP contribution in [0.5, 0.6) is 5.75 Å². The summed E-state index contributed by atoms with van der Waals surface area (Å²) in [6.07, 6.45) is 2.79. The minimum Gasteiger partial charge on any atom is -0.496 e. The van der Waals surface area contributed by atoms with E-state index in [0.717, 1.165) is 5.56 Å². The van der Waals surface area contributed by atoms with E-state index in [9.17, 15) is 14.4 Å². The molecule has 0 aliphatic carbocycles. The Morgan fingerprint density at radius 3 is 2.47 bits per heavy atom. The van der Waals surface area contributed by atoms with Crippen LogP contribution < -0.4 is 10.1 Å². The molecule has 0 bridgehead atoms. The van der Waals surface area contributed by atoms with E-state index in [2.05, 4.69) is 5.32 Å². The lowest BCUT2D eigenvalue weighted by Crippen LogP contribution is -2.30. The molecule has 0 aliphatic heterocycles. The Labute approximate surface area is 176 Å². The summed E-state index contributed by atoms with van der Waals surface area (Å²) in [6, 6.07) is 13.9. The maximum Gasteiger partial charge on any atom is 0.331 e. The smallest absolute Gasteiger partial charge is 0.331 e. The number of methoxy groups -OCH3 is 1. The van der Waals surface area contributed by atoms with E-state index in [4.69, 9.17) is 9.47 Å². The molecular weight excluding hydrogens is 384 g/mol. The quantitative estimate of drug-likeness (QED) is 0.506. The van der Waals surface area contributed by atoms with Crippen molar-refractivity contribution in [3.63, 3.8) is 0 Å². The van der Waals surface area contributed by atoms with Crippen LogP contribution in [0.4, 0.5) is 5.69 Å². The predicted molar refractivity (Wildman–Crippen MR) is 115 cm³/mol. The molecule has 2 aromatic rings. The van der Waals surface area contributed by atoms with E-state index in [1.54, 1.807) is 54.5 Å². The van der Waals surface area contributed by atoms with Crippen molar-refractivity contribution >= 4 is 29.5 Å². The minimum absolute atomic E-state index is 0.107. The third-order valence-electron chi connectivity index (χ3n) is 4.33. The van der Waals surface area contributed by atoms with Crippen LogP contribution >= 0.6 is 0 Å². The fourth-order valence-electron chi connectivity index (χ4n) is 2.77. The Balaban J connectivity index is 1.90. The van der Waals surface area contributed by atoms with Crippen molar-refractivity contribution < 1.29 is 23.9 Å². The number of esters is 1. The molecule has 0 aliphatic rings. The molecule has 0 fully saturated rings. The lowest BCUT2D eigenvalue weighted by atomic mass is 10.1. The molecule has 158 valence electrons. The van der Waals surface area contributed by atoms with Crippen LogP contribution in [0.2, 0.25) is 0 Å². The van der Waals surface area contributed by atoms with Crippen LogP contribution in [0.3, 0.4) is 0 Å². The molecule has 0 heterocycles. The van der Waals surface area contributed by atoms with Gasteiger partial charge in [0.2, 0.25) is 0 Å². The zero-order chi connectivity index (χ0) is 21.9. The highest BCUT2D eigenvalue weighted by atomic mass is 16.5. The van der Waals surface area contributed by atoms with Gasteiger partial charge in [-0.05, 0) is 44.2 Å². The summed E-state index contributed by atoms with van der Waals surface area (Å²) in [7, 11) is 1.54. The zero-order valence-electron chi connectivity index (χ0n) is 17.4. The third-order valence-corrected chi connectivity index (χ3v) is 4.33. The monoisotopic (exact) mass is 410 g/mol. The SMILES string of the molecule is CCN(CC)C(=O)c1cccc(NC(=O)COC(=O)/C=C/c2ccccc2OC)c1. The van der Waals surface area contributed by atoms with Crippen molar-refractivity contribution in [2.45, 2.75) is 13.8 Å². The fourth-order valence-corrected chi connectivity index (χ4v) is 2.77. The molecule has 0 saturated carbocycles. The lowest BCUT2D eigenvalue weighted by Gasteiger charge is -2.19. The van der Waals surface area contributed by atoms with E-state index < -0.39 is 18.5 Å². The molecule has 0 atom stereocenters. The fraction of sp³-hybridized carbons (Fsp3) is 0.261. The molecule has 0 aromatic heterocycles. The van der Waals surface area contributed by atoms with Gasteiger partial charge in [0.1, 0.15) is 5.75 Å². The van der Waals surface area contributed by atoms with Gasteiger partial charge < -0.3 is 19.7 Å². The molecule has 30 heavy (non-hydrogen) atoms. The summed E-state index contributed by atoms with van der Waals surface area (Å²) >= 11 is 0.